The molecule has 0 saturated heterocycles. The van der Waals surface area contributed by atoms with Gasteiger partial charge in [-0.2, -0.15) is 0 Å². The van der Waals surface area contributed by atoms with Crippen LogP contribution in [0.3, 0.4) is 0 Å². The molecule has 0 aliphatic heterocycles. The van der Waals surface area contributed by atoms with Gasteiger partial charge in [0.05, 0.1) is 0 Å². The molecule has 2 aromatic heterocycles. The smallest absolute Gasteiger partial charge is 0.262 e. The van der Waals surface area contributed by atoms with E-state index < -0.39 is 0 Å². The van der Waals surface area contributed by atoms with Crippen molar-refractivity contribution in [2.45, 2.75) is 18.4 Å². The number of pyridine rings is 1. The van der Waals surface area contributed by atoms with E-state index in [1.165, 1.54) is 17.3 Å². The van der Waals surface area contributed by atoms with Crippen molar-refractivity contribution in [1.82, 2.24) is 15.0 Å². The number of nitrogens with zero attached hydrogens (tertiary/aromatic N) is 3. The second kappa shape index (κ2) is 8.64. The van der Waals surface area contributed by atoms with Crippen LogP contribution in [0.4, 0.5) is 11.5 Å². The third-order valence-corrected chi connectivity index (χ3v) is 4.77. The number of thioether (sulfide) groups is 1. The van der Waals surface area contributed by atoms with Crippen LogP contribution in [0, 0.1) is 0 Å². The molecule has 0 saturated carbocycles. The molecule has 27 heavy (non-hydrogen) atoms. The highest BCUT2D eigenvalue weighted by Gasteiger charge is 2.21. The fourth-order valence-electron chi connectivity index (χ4n) is 2.62. The number of amides is 1. The lowest BCUT2D eigenvalue weighted by Gasteiger charge is -2.14. The Kier molecular flexibility index (Phi) is 6.03. The number of rotatable bonds is 6. The Hall–Kier alpha value is -2.93. The van der Waals surface area contributed by atoms with Crippen molar-refractivity contribution in [3.05, 3.63) is 59.9 Å². The molecular formula is C20H21N5OS. The van der Waals surface area contributed by atoms with Gasteiger partial charge in [0.25, 0.3) is 5.91 Å². The average molecular weight is 379 g/mol. The number of benzene rings is 1. The number of aryl methyl sites for hydroxylation is 1. The summed E-state index contributed by atoms with van der Waals surface area (Å²) in [6.45, 7) is 2.10. The van der Waals surface area contributed by atoms with E-state index in [1.807, 2.05) is 42.7 Å². The monoisotopic (exact) mass is 379 g/mol. The summed E-state index contributed by atoms with van der Waals surface area (Å²) in [6.07, 6.45) is 6.23. The number of hydrogen-bond acceptors (Lipinski definition) is 6. The average Bonchev–Trinajstić information content (AvgIpc) is 2.73. The normalized spacial score (nSPS) is 10.5. The zero-order valence-electron chi connectivity index (χ0n) is 15.5. The fraction of sp³-hybridized carbons (Fsp3) is 0.200. The highest BCUT2D eigenvalue weighted by Crippen LogP contribution is 2.28. The van der Waals surface area contributed by atoms with Crippen molar-refractivity contribution in [3.8, 4) is 11.4 Å². The molecule has 0 unspecified atom stereocenters. The molecule has 3 aromatic rings. The Morgan fingerprint density at radius 2 is 1.78 bits per heavy atom. The number of carbonyl (C=O) groups is 1. The van der Waals surface area contributed by atoms with Gasteiger partial charge in [-0.1, -0.05) is 19.1 Å². The zero-order chi connectivity index (χ0) is 19.2. The summed E-state index contributed by atoms with van der Waals surface area (Å²) in [5, 5.41) is 6.58. The lowest BCUT2D eigenvalue weighted by Crippen LogP contribution is -2.17. The van der Waals surface area contributed by atoms with Crippen molar-refractivity contribution < 1.29 is 4.79 Å². The number of hydrogen-bond donors (Lipinski definition) is 2. The fourth-order valence-corrected chi connectivity index (χ4v) is 3.19. The van der Waals surface area contributed by atoms with Crippen LogP contribution in [0.25, 0.3) is 11.4 Å². The van der Waals surface area contributed by atoms with E-state index in [2.05, 4.69) is 32.5 Å². The molecule has 3 rings (SSSR count). The first-order valence-corrected chi connectivity index (χ1v) is 9.83. The molecule has 0 spiro atoms. The van der Waals surface area contributed by atoms with E-state index >= 15 is 0 Å². The summed E-state index contributed by atoms with van der Waals surface area (Å²) in [6, 6.07) is 11.5. The first-order chi connectivity index (χ1) is 13.2. The predicted molar refractivity (Wildman–Crippen MR) is 110 cm³/mol. The van der Waals surface area contributed by atoms with Crippen LogP contribution in [0.1, 0.15) is 22.8 Å². The van der Waals surface area contributed by atoms with Crippen molar-refractivity contribution in [1.29, 1.82) is 0 Å². The Bertz CT molecular complexity index is 904. The molecule has 2 heterocycles. The van der Waals surface area contributed by atoms with E-state index in [-0.39, 0.29) is 5.91 Å². The lowest BCUT2D eigenvalue weighted by atomic mass is 10.1. The van der Waals surface area contributed by atoms with Crippen LogP contribution in [-0.4, -0.2) is 34.2 Å². The van der Waals surface area contributed by atoms with Gasteiger partial charge in [0, 0.05) is 30.7 Å². The van der Waals surface area contributed by atoms with Crippen LogP contribution in [0.2, 0.25) is 0 Å². The predicted octanol–water partition coefficient (Wildman–Crippen LogP) is 4.12. The second-order valence-corrected chi connectivity index (χ2v) is 6.57. The summed E-state index contributed by atoms with van der Waals surface area (Å²) in [7, 11) is 1.75. The minimum Gasteiger partial charge on any atom is -0.372 e. The van der Waals surface area contributed by atoms with Crippen LogP contribution in [-0.2, 0) is 6.42 Å². The van der Waals surface area contributed by atoms with Crippen LogP contribution < -0.4 is 10.6 Å². The maximum Gasteiger partial charge on any atom is 0.262 e. The molecule has 0 fully saturated rings. The van der Waals surface area contributed by atoms with Gasteiger partial charge in [-0.15, -0.1) is 11.8 Å². The van der Waals surface area contributed by atoms with E-state index in [4.69, 9.17) is 0 Å². The maximum absolute atomic E-state index is 12.9. The Morgan fingerprint density at radius 3 is 2.37 bits per heavy atom. The molecule has 1 aromatic carbocycles. The van der Waals surface area contributed by atoms with Crippen molar-refractivity contribution in [2.24, 2.45) is 0 Å². The highest BCUT2D eigenvalue weighted by molar-refractivity contribution is 7.98. The SMILES string of the molecule is CCc1ccc(NC(=O)c2c(NC)nc(-c3ccncc3)nc2SC)cc1. The third-order valence-electron chi connectivity index (χ3n) is 4.09. The summed E-state index contributed by atoms with van der Waals surface area (Å²) < 4.78 is 0. The van der Waals surface area contributed by atoms with Crippen LogP contribution in [0.5, 0.6) is 0 Å². The van der Waals surface area contributed by atoms with Crippen LogP contribution in [0.15, 0.2) is 53.8 Å². The molecule has 1 amide bonds. The number of anilines is 2. The maximum atomic E-state index is 12.9. The molecule has 2 N–H and O–H groups in total. The topological polar surface area (TPSA) is 79.8 Å². The van der Waals surface area contributed by atoms with Crippen LogP contribution >= 0.6 is 11.8 Å². The van der Waals surface area contributed by atoms with Gasteiger partial charge in [-0.05, 0) is 42.5 Å². The van der Waals surface area contributed by atoms with Crippen molar-refractivity contribution in [2.75, 3.05) is 23.9 Å². The van der Waals surface area contributed by atoms with Gasteiger partial charge in [-0.3, -0.25) is 9.78 Å². The van der Waals surface area contributed by atoms with E-state index in [0.29, 0.717) is 22.2 Å². The summed E-state index contributed by atoms with van der Waals surface area (Å²) in [4.78, 5) is 26.1. The molecule has 0 radical (unpaired) electrons. The third kappa shape index (κ3) is 4.25. The van der Waals surface area contributed by atoms with E-state index in [1.54, 1.807) is 19.4 Å². The first-order valence-electron chi connectivity index (χ1n) is 8.60. The van der Waals surface area contributed by atoms with E-state index in [0.717, 1.165) is 17.7 Å². The Balaban J connectivity index is 1.96. The van der Waals surface area contributed by atoms with Crippen molar-refractivity contribution >= 4 is 29.2 Å². The largest absolute Gasteiger partial charge is 0.372 e. The van der Waals surface area contributed by atoms with Gasteiger partial charge in [0.15, 0.2) is 5.82 Å². The molecule has 0 atom stereocenters. The van der Waals surface area contributed by atoms with E-state index in [9.17, 15) is 4.79 Å². The van der Waals surface area contributed by atoms with Gasteiger partial charge in [0.2, 0.25) is 0 Å². The molecule has 7 heteroatoms. The number of carbonyl (C=O) groups excluding carboxylic acids is 1. The highest BCUT2D eigenvalue weighted by atomic mass is 32.2. The molecular weight excluding hydrogens is 358 g/mol. The Labute approximate surface area is 162 Å². The minimum atomic E-state index is -0.241. The molecule has 0 aliphatic carbocycles. The second-order valence-electron chi connectivity index (χ2n) is 5.77. The summed E-state index contributed by atoms with van der Waals surface area (Å²) in [5.74, 6) is 0.799. The lowest BCUT2D eigenvalue weighted by molar-refractivity contribution is 0.102. The number of aromatic nitrogens is 3. The zero-order valence-corrected chi connectivity index (χ0v) is 16.3. The van der Waals surface area contributed by atoms with Gasteiger partial charge < -0.3 is 10.6 Å². The molecule has 6 nitrogen and oxygen atoms in total. The summed E-state index contributed by atoms with van der Waals surface area (Å²) in [5.41, 5.74) is 3.24. The van der Waals surface area contributed by atoms with Gasteiger partial charge >= 0.3 is 0 Å². The first kappa shape index (κ1) is 18.8. The molecule has 0 aliphatic rings. The Morgan fingerprint density at radius 1 is 1.07 bits per heavy atom. The number of nitrogens with one attached hydrogen (secondary N) is 2. The quantitative estimate of drug-likeness (QED) is 0.495. The van der Waals surface area contributed by atoms with Gasteiger partial charge in [0.1, 0.15) is 16.4 Å². The van der Waals surface area contributed by atoms with Gasteiger partial charge in [-0.25, -0.2) is 9.97 Å². The standard InChI is InChI=1S/C20H21N5OS/c1-4-13-5-7-15(8-6-13)23-19(26)16-18(21-2)24-17(25-20(16)27-3)14-9-11-22-12-10-14/h5-12H,4H2,1-3H3,(H,23,26)(H,21,24,25). The molecule has 0 bridgehead atoms. The minimum absolute atomic E-state index is 0.241. The van der Waals surface area contributed by atoms with Crippen molar-refractivity contribution in [3.63, 3.8) is 0 Å². The summed E-state index contributed by atoms with van der Waals surface area (Å²) >= 11 is 1.41. The molecule has 138 valence electrons.